The number of carboxylic acids is 1. The molecule has 0 saturated heterocycles. The Balaban J connectivity index is 2.02. The van der Waals surface area contributed by atoms with Gasteiger partial charge in [0.2, 0.25) is 0 Å². The van der Waals surface area contributed by atoms with Crippen LogP contribution in [0.15, 0.2) is 18.2 Å². The fourth-order valence-corrected chi connectivity index (χ4v) is 2.61. The third kappa shape index (κ3) is 3.30. The normalized spacial score (nSPS) is 22.6. The highest BCUT2D eigenvalue weighted by atomic mass is 19.1. The molecule has 0 aromatic heterocycles. The zero-order valence-electron chi connectivity index (χ0n) is 10.6. The molecule has 2 unspecified atom stereocenters. The van der Waals surface area contributed by atoms with E-state index in [1.807, 2.05) is 0 Å². The van der Waals surface area contributed by atoms with Gasteiger partial charge in [-0.1, -0.05) is 6.42 Å². The molecule has 0 amide bonds. The van der Waals surface area contributed by atoms with Crippen molar-refractivity contribution in [3.05, 3.63) is 35.1 Å². The second-order valence-electron chi connectivity index (χ2n) is 4.97. The minimum atomic E-state index is -1.06. The van der Waals surface area contributed by atoms with Crippen molar-refractivity contribution in [3.8, 4) is 0 Å². The van der Waals surface area contributed by atoms with Gasteiger partial charge in [0.15, 0.2) is 0 Å². The van der Waals surface area contributed by atoms with E-state index in [-0.39, 0.29) is 30.7 Å². The number of carboxylic acid groups (broad SMARTS) is 1. The molecule has 0 radical (unpaired) electrons. The van der Waals surface area contributed by atoms with Crippen molar-refractivity contribution in [2.24, 2.45) is 5.92 Å². The second kappa shape index (κ2) is 6.12. The number of hydrogen-bond acceptors (Lipinski definition) is 3. The summed E-state index contributed by atoms with van der Waals surface area (Å²) in [4.78, 5) is 10.8. The van der Waals surface area contributed by atoms with Crippen molar-refractivity contribution >= 4 is 5.97 Å². The summed E-state index contributed by atoms with van der Waals surface area (Å²) >= 11 is 0. The Morgan fingerprint density at radius 3 is 2.89 bits per heavy atom. The Kier molecular flexibility index (Phi) is 4.50. The van der Waals surface area contributed by atoms with Gasteiger partial charge in [0, 0.05) is 24.8 Å². The summed E-state index contributed by atoms with van der Waals surface area (Å²) < 4.78 is 13.6. The maximum absolute atomic E-state index is 13.6. The summed E-state index contributed by atoms with van der Waals surface area (Å²) in [5.41, 5.74) is 0.437. The fourth-order valence-electron chi connectivity index (χ4n) is 2.61. The molecular formula is C14H18FNO3. The van der Waals surface area contributed by atoms with Crippen LogP contribution in [-0.2, 0) is 6.54 Å². The number of hydrogen-bond donors (Lipinski definition) is 3. The van der Waals surface area contributed by atoms with Crippen molar-refractivity contribution in [1.29, 1.82) is 0 Å². The number of aliphatic hydroxyl groups excluding tert-OH is 1. The summed E-state index contributed by atoms with van der Waals surface area (Å²) in [6.45, 7) is 0.420. The topological polar surface area (TPSA) is 69.6 Å². The number of rotatable bonds is 5. The molecule has 104 valence electrons. The minimum Gasteiger partial charge on any atom is -0.478 e. The predicted molar refractivity (Wildman–Crippen MR) is 68.4 cm³/mol. The first-order chi connectivity index (χ1) is 9.11. The average molecular weight is 267 g/mol. The molecule has 1 aromatic rings. The molecule has 1 saturated carbocycles. The monoisotopic (exact) mass is 267 g/mol. The third-order valence-corrected chi connectivity index (χ3v) is 3.74. The van der Waals surface area contributed by atoms with Gasteiger partial charge < -0.3 is 15.5 Å². The standard InChI is InChI=1S/C14H18FNO3/c15-12-5-4-9(14(18)19)6-11(12)7-16-13-3-1-2-10(13)8-17/h4-6,10,13,16-17H,1-3,7-8H2,(H,18,19). The maximum atomic E-state index is 13.6. The van der Waals surface area contributed by atoms with E-state index >= 15 is 0 Å². The highest BCUT2D eigenvalue weighted by molar-refractivity contribution is 5.87. The van der Waals surface area contributed by atoms with Gasteiger partial charge in [-0.2, -0.15) is 0 Å². The summed E-state index contributed by atoms with van der Waals surface area (Å²) in [7, 11) is 0. The zero-order valence-corrected chi connectivity index (χ0v) is 10.6. The van der Waals surface area contributed by atoms with Crippen molar-refractivity contribution in [2.45, 2.75) is 31.8 Å². The highest BCUT2D eigenvalue weighted by Gasteiger charge is 2.26. The van der Waals surface area contributed by atoms with Crippen LogP contribution in [0.2, 0.25) is 0 Å². The molecule has 1 aliphatic carbocycles. The second-order valence-corrected chi connectivity index (χ2v) is 4.97. The van der Waals surface area contributed by atoms with Crippen molar-refractivity contribution in [1.82, 2.24) is 5.32 Å². The van der Waals surface area contributed by atoms with Crippen LogP contribution in [0.3, 0.4) is 0 Å². The summed E-state index contributed by atoms with van der Waals surface area (Å²) in [5.74, 6) is -1.25. The van der Waals surface area contributed by atoms with E-state index in [0.717, 1.165) is 19.3 Å². The number of aliphatic hydroxyl groups is 1. The molecule has 5 heteroatoms. The van der Waals surface area contributed by atoms with Crippen LogP contribution in [0.5, 0.6) is 0 Å². The zero-order chi connectivity index (χ0) is 13.8. The van der Waals surface area contributed by atoms with Crippen LogP contribution in [0.1, 0.15) is 35.2 Å². The summed E-state index contributed by atoms with van der Waals surface area (Å²) in [6.07, 6.45) is 3.00. The number of halogens is 1. The summed E-state index contributed by atoms with van der Waals surface area (Å²) in [5, 5.41) is 21.3. The van der Waals surface area contributed by atoms with Crippen LogP contribution >= 0.6 is 0 Å². The SMILES string of the molecule is O=C(O)c1ccc(F)c(CNC2CCCC2CO)c1. The van der Waals surface area contributed by atoms with E-state index in [2.05, 4.69) is 5.32 Å². The van der Waals surface area contributed by atoms with Gasteiger partial charge >= 0.3 is 5.97 Å². The Hall–Kier alpha value is -1.46. The van der Waals surface area contributed by atoms with Crippen molar-refractivity contribution in [2.75, 3.05) is 6.61 Å². The molecule has 0 spiro atoms. The maximum Gasteiger partial charge on any atom is 0.335 e. The van der Waals surface area contributed by atoms with Crippen molar-refractivity contribution in [3.63, 3.8) is 0 Å². The number of benzene rings is 1. The largest absolute Gasteiger partial charge is 0.478 e. The van der Waals surface area contributed by atoms with Gasteiger partial charge in [0.25, 0.3) is 0 Å². The number of carbonyl (C=O) groups is 1. The smallest absolute Gasteiger partial charge is 0.335 e. The molecule has 2 rings (SSSR count). The molecular weight excluding hydrogens is 249 g/mol. The van der Waals surface area contributed by atoms with Crippen LogP contribution in [-0.4, -0.2) is 28.8 Å². The van der Waals surface area contributed by atoms with E-state index in [4.69, 9.17) is 5.11 Å². The lowest BCUT2D eigenvalue weighted by atomic mass is 10.0. The predicted octanol–water partition coefficient (Wildman–Crippen LogP) is 1.77. The molecule has 19 heavy (non-hydrogen) atoms. The molecule has 3 N–H and O–H groups in total. The minimum absolute atomic E-state index is 0.0864. The van der Waals surface area contributed by atoms with Gasteiger partial charge in [-0.25, -0.2) is 9.18 Å². The Labute approximate surface area is 111 Å². The van der Waals surface area contributed by atoms with E-state index < -0.39 is 11.8 Å². The van der Waals surface area contributed by atoms with Crippen LogP contribution in [0.25, 0.3) is 0 Å². The van der Waals surface area contributed by atoms with Crippen LogP contribution in [0, 0.1) is 11.7 Å². The molecule has 1 aliphatic rings. The van der Waals surface area contributed by atoms with Gasteiger partial charge in [-0.15, -0.1) is 0 Å². The molecule has 0 heterocycles. The third-order valence-electron chi connectivity index (χ3n) is 3.74. The van der Waals surface area contributed by atoms with E-state index in [1.54, 1.807) is 0 Å². The van der Waals surface area contributed by atoms with E-state index in [1.165, 1.54) is 18.2 Å². The van der Waals surface area contributed by atoms with Gasteiger partial charge in [0.05, 0.1) is 5.56 Å². The van der Waals surface area contributed by atoms with Gasteiger partial charge in [-0.05, 0) is 37.0 Å². The van der Waals surface area contributed by atoms with Crippen molar-refractivity contribution < 1.29 is 19.4 Å². The molecule has 1 fully saturated rings. The first kappa shape index (κ1) is 14.0. The Morgan fingerprint density at radius 2 is 2.21 bits per heavy atom. The lowest BCUT2D eigenvalue weighted by Gasteiger charge is -2.19. The summed E-state index contributed by atoms with van der Waals surface area (Å²) in [6, 6.07) is 3.97. The Morgan fingerprint density at radius 1 is 1.42 bits per heavy atom. The molecule has 1 aromatic carbocycles. The lowest BCUT2D eigenvalue weighted by Crippen LogP contribution is -2.33. The fraction of sp³-hybridized carbons (Fsp3) is 0.500. The van der Waals surface area contributed by atoms with E-state index in [9.17, 15) is 14.3 Å². The molecule has 2 atom stereocenters. The average Bonchev–Trinajstić information content (AvgIpc) is 2.85. The first-order valence-electron chi connectivity index (χ1n) is 6.47. The van der Waals surface area contributed by atoms with E-state index in [0.29, 0.717) is 5.56 Å². The number of aromatic carboxylic acids is 1. The molecule has 0 aliphatic heterocycles. The van der Waals surface area contributed by atoms with Gasteiger partial charge in [-0.3, -0.25) is 0 Å². The number of nitrogens with one attached hydrogen (secondary N) is 1. The first-order valence-corrected chi connectivity index (χ1v) is 6.47. The highest BCUT2D eigenvalue weighted by Crippen LogP contribution is 2.25. The van der Waals surface area contributed by atoms with Gasteiger partial charge in [0.1, 0.15) is 5.82 Å². The lowest BCUT2D eigenvalue weighted by molar-refractivity contribution is 0.0696. The van der Waals surface area contributed by atoms with Crippen LogP contribution < -0.4 is 5.32 Å². The molecule has 4 nitrogen and oxygen atoms in total. The van der Waals surface area contributed by atoms with Crippen LogP contribution in [0.4, 0.5) is 4.39 Å². The Bertz CT molecular complexity index is 464. The quantitative estimate of drug-likeness (QED) is 0.760. The molecule has 0 bridgehead atoms.